The number of nitrogens with zero attached hydrogens (tertiary/aromatic N) is 3. The van der Waals surface area contributed by atoms with Crippen molar-refractivity contribution in [1.82, 2.24) is 19.9 Å². The molecule has 0 radical (unpaired) electrons. The fourth-order valence-electron chi connectivity index (χ4n) is 2.99. The van der Waals surface area contributed by atoms with E-state index in [1.54, 1.807) is 6.92 Å². The molecule has 2 heterocycles. The first-order chi connectivity index (χ1) is 14.5. The third kappa shape index (κ3) is 5.22. The van der Waals surface area contributed by atoms with E-state index in [0.29, 0.717) is 5.82 Å². The van der Waals surface area contributed by atoms with Gasteiger partial charge in [0.25, 0.3) is 0 Å². The van der Waals surface area contributed by atoms with E-state index in [1.165, 1.54) is 17.0 Å². The zero-order chi connectivity index (χ0) is 22.8. The molecule has 0 fully saturated rings. The third-order valence-corrected chi connectivity index (χ3v) is 4.53. The molecule has 0 bridgehead atoms. The fourth-order valence-corrected chi connectivity index (χ4v) is 2.99. The van der Waals surface area contributed by atoms with Crippen molar-refractivity contribution >= 4 is 5.91 Å². The van der Waals surface area contributed by atoms with Gasteiger partial charge >= 0.3 is 12.4 Å². The summed E-state index contributed by atoms with van der Waals surface area (Å²) in [6.07, 6.45) is -5.30. The van der Waals surface area contributed by atoms with Crippen LogP contribution in [0.15, 0.2) is 55.0 Å². The lowest BCUT2D eigenvalue weighted by molar-refractivity contribution is -0.139. The molecule has 1 aromatic carbocycles. The number of hydrogen-bond donors (Lipinski definition) is 1. The van der Waals surface area contributed by atoms with E-state index < -0.39 is 41.1 Å². The summed E-state index contributed by atoms with van der Waals surface area (Å²) in [5, 5.41) is 2.45. The van der Waals surface area contributed by atoms with Gasteiger partial charge in [-0.25, -0.2) is 4.98 Å². The molecular formula is C20H16F6N4O. The average Bonchev–Trinajstić information content (AvgIpc) is 3.09. The number of benzene rings is 1. The monoisotopic (exact) mass is 442 g/mol. The van der Waals surface area contributed by atoms with Crippen LogP contribution in [-0.4, -0.2) is 20.4 Å². The first-order valence-corrected chi connectivity index (χ1v) is 8.93. The van der Waals surface area contributed by atoms with Crippen LogP contribution in [0.5, 0.6) is 0 Å². The predicted octanol–water partition coefficient (Wildman–Crippen LogP) is 4.53. The summed E-state index contributed by atoms with van der Waals surface area (Å²) in [5.74, 6) is -0.153. The minimum atomic E-state index is -4.78. The zero-order valence-corrected chi connectivity index (χ0v) is 16.0. The molecule has 1 N–H and O–H groups in total. The van der Waals surface area contributed by atoms with Crippen molar-refractivity contribution < 1.29 is 31.1 Å². The van der Waals surface area contributed by atoms with Gasteiger partial charge < -0.3 is 9.88 Å². The molecule has 1 atom stereocenters. The molecule has 0 aliphatic rings. The van der Waals surface area contributed by atoms with E-state index in [9.17, 15) is 31.1 Å². The third-order valence-electron chi connectivity index (χ3n) is 4.53. The highest BCUT2D eigenvalue weighted by molar-refractivity contribution is 5.77. The minimum absolute atomic E-state index is 0.0212. The lowest BCUT2D eigenvalue weighted by Gasteiger charge is -2.23. The minimum Gasteiger partial charge on any atom is -0.342 e. The van der Waals surface area contributed by atoms with Crippen LogP contribution in [0.1, 0.15) is 34.3 Å². The van der Waals surface area contributed by atoms with Gasteiger partial charge in [0.2, 0.25) is 5.91 Å². The van der Waals surface area contributed by atoms with Crippen LogP contribution in [0, 0.1) is 6.92 Å². The molecule has 0 saturated heterocycles. The van der Waals surface area contributed by atoms with E-state index in [2.05, 4.69) is 15.3 Å². The standard InChI is InChI=1S/C20H16F6N4O/c1-12-27-9-10-30(12)11-16(31)29-17(13-4-6-14(7-5-13)19(21,22)23)18-15(20(24,25)26)3-2-8-28-18/h2-10,17H,11H2,1H3,(H,29,31)/t17-/m0/s1. The maximum absolute atomic E-state index is 13.5. The zero-order valence-electron chi connectivity index (χ0n) is 16.0. The maximum Gasteiger partial charge on any atom is 0.418 e. The molecule has 0 saturated carbocycles. The number of carbonyl (C=O) groups is 1. The molecular weight excluding hydrogens is 426 g/mol. The molecule has 11 heteroatoms. The Bertz CT molecular complexity index is 1060. The van der Waals surface area contributed by atoms with Crippen LogP contribution in [-0.2, 0) is 23.7 Å². The number of pyridine rings is 1. The SMILES string of the molecule is Cc1nccn1CC(=O)N[C@@H](c1ccc(C(F)(F)F)cc1)c1ncccc1C(F)(F)F. The highest BCUT2D eigenvalue weighted by Gasteiger charge is 2.37. The number of carbonyl (C=O) groups excluding carboxylic acids is 1. The van der Waals surface area contributed by atoms with Crippen LogP contribution < -0.4 is 5.32 Å². The van der Waals surface area contributed by atoms with E-state index in [1.807, 2.05) is 0 Å². The summed E-state index contributed by atoms with van der Waals surface area (Å²) in [5.41, 5.74) is -2.56. The van der Waals surface area contributed by atoms with Crippen LogP contribution in [0.3, 0.4) is 0 Å². The highest BCUT2D eigenvalue weighted by Crippen LogP contribution is 2.36. The summed E-state index contributed by atoms with van der Waals surface area (Å²) in [6, 6.07) is 3.99. The number of nitrogens with one attached hydrogen (secondary N) is 1. The summed E-state index contributed by atoms with van der Waals surface area (Å²) in [7, 11) is 0. The van der Waals surface area contributed by atoms with Crippen molar-refractivity contribution in [2.45, 2.75) is 31.9 Å². The van der Waals surface area contributed by atoms with Gasteiger partial charge in [-0.3, -0.25) is 9.78 Å². The molecule has 0 spiro atoms. The summed E-state index contributed by atoms with van der Waals surface area (Å²) in [6.45, 7) is 1.40. The fraction of sp³-hybridized carbons (Fsp3) is 0.250. The van der Waals surface area contributed by atoms with Gasteiger partial charge in [-0.2, -0.15) is 26.3 Å². The number of hydrogen-bond acceptors (Lipinski definition) is 3. The van der Waals surface area contributed by atoms with Crippen LogP contribution in [0.2, 0.25) is 0 Å². The molecule has 1 amide bonds. The second kappa shape index (κ2) is 8.40. The Kier molecular flexibility index (Phi) is 6.05. The number of aromatic nitrogens is 3. The number of halogens is 6. The van der Waals surface area contributed by atoms with Gasteiger partial charge in [-0.1, -0.05) is 12.1 Å². The number of aryl methyl sites for hydroxylation is 1. The Morgan fingerprint density at radius 3 is 2.23 bits per heavy atom. The van der Waals surface area contributed by atoms with Gasteiger partial charge in [-0.15, -0.1) is 0 Å². The van der Waals surface area contributed by atoms with Crippen molar-refractivity contribution in [2.24, 2.45) is 0 Å². The molecule has 0 aliphatic carbocycles. The van der Waals surface area contributed by atoms with Crippen LogP contribution in [0.4, 0.5) is 26.3 Å². The quantitative estimate of drug-likeness (QED) is 0.591. The number of amides is 1. The lowest BCUT2D eigenvalue weighted by atomic mass is 9.97. The topological polar surface area (TPSA) is 59.8 Å². The smallest absolute Gasteiger partial charge is 0.342 e. The van der Waals surface area contributed by atoms with Gasteiger partial charge in [0, 0.05) is 18.6 Å². The molecule has 5 nitrogen and oxygen atoms in total. The molecule has 3 aromatic rings. The van der Waals surface area contributed by atoms with Crippen molar-refractivity contribution in [2.75, 3.05) is 0 Å². The van der Waals surface area contributed by atoms with Crippen LogP contribution >= 0.6 is 0 Å². The number of alkyl halides is 6. The molecule has 0 unspecified atom stereocenters. The largest absolute Gasteiger partial charge is 0.418 e. The second-order valence-electron chi connectivity index (χ2n) is 6.66. The van der Waals surface area contributed by atoms with E-state index in [4.69, 9.17) is 0 Å². The second-order valence-corrected chi connectivity index (χ2v) is 6.66. The molecule has 164 valence electrons. The molecule has 31 heavy (non-hydrogen) atoms. The highest BCUT2D eigenvalue weighted by atomic mass is 19.4. The first-order valence-electron chi connectivity index (χ1n) is 8.93. The van der Waals surface area contributed by atoms with Gasteiger partial charge in [0.1, 0.15) is 12.4 Å². The Hall–Kier alpha value is -3.37. The van der Waals surface area contributed by atoms with E-state index in [0.717, 1.165) is 42.6 Å². The Morgan fingerprint density at radius 2 is 1.68 bits per heavy atom. The van der Waals surface area contributed by atoms with E-state index >= 15 is 0 Å². The van der Waals surface area contributed by atoms with Crippen molar-refractivity contribution in [1.29, 1.82) is 0 Å². The maximum atomic E-state index is 13.5. The van der Waals surface area contributed by atoms with Gasteiger partial charge in [0.15, 0.2) is 0 Å². The summed E-state index contributed by atoms with van der Waals surface area (Å²) >= 11 is 0. The Labute approximate surface area is 172 Å². The van der Waals surface area contributed by atoms with Gasteiger partial charge in [-0.05, 0) is 36.8 Å². The van der Waals surface area contributed by atoms with Crippen LogP contribution in [0.25, 0.3) is 0 Å². The van der Waals surface area contributed by atoms with E-state index in [-0.39, 0.29) is 12.1 Å². The lowest BCUT2D eigenvalue weighted by Crippen LogP contribution is -2.34. The molecule has 0 aliphatic heterocycles. The Balaban J connectivity index is 2.01. The first kappa shape index (κ1) is 22.3. The van der Waals surface area contributed by atoms with Crippen molar-refractivity contribution in [3.8, 4) is 0 Å². The van der Waals surface area contributed by atoms with Crippen molar-refractivity contribution in [3.63, 3.8) is 0 Å². The van der Waals surface area contributed by atoms with Gasteiger partial charge in [0.05, 0.1) is 22.9 Å². The summed E-state index contributed by atoms with van der Waals surface area (Å²) in [4.78, 5) is 20.3. The number of rotatable bonds is 5. The normalized spacial score (nSPS) is 13.1. The average molecular weight is 442 g/mol. The summed E-state index contributed by atoms with van der Waals surface area (Å²) < 4.78 is 80.7. The molecule has 3 rings (SSSR count). The van der Waals surface area contributed by atoms with Crippen molar-refractivity contribution in [3.05, 3.63) is 83.2 Å². The number of imidazole rings is 1. The predicted molar refractivity (Wildman–Crippen MR) is 97.6 cm³/mol. The Morgan fingerprint density at radius 1 is 1.00 bits per heavy atom. The molecule has 2 aromatic heterocycles.